The van der Waals surface area contributed by atoms with Crippen LogP contribution in [0.2, 0.25) is 0 Å². The first kappa shape index (κ1) is 18.0. The summed E-state index contributed by atoms with van der Waals surface area (Å²) in [7, 11) is 0. The second-order valence-electron chi connectivity index (χ2n) is 4.55. The van der Waals surface area contributed by atoms with E-state index >= 15 is 0 Å². The summed E-state index contributed by atoms with van der Waals surface area (Å²) in [6, 6.07) is 9.03. The number of aliphatic carboxylic acids is 1. The van der Waals surface area contributed by atoms with Gasteiger partial charge in [0.15, 0.2) is 0 Å². The van der Waals surface area contributed by atoms with Crippen LogP contribution in [0.3, 0.4) is 0 Å². The fourth-order valence-corrected chi connectivity index (χ4v) is 1.71. The van der Waals surface area contributed by atoms with Crippen LogP contribution in [0, 0.1) is 0 Å². The van der Waals surface area contributed by atoms with Gasteiger partial charge in [-0.05, 0) is 12.0 Å². The number of carbonyl (C=O) groups is 2. The molecule has 0 fully saturated rings. The minimum atomic E-state index is -4.53. The van der Waals surface area contributed by atoms with Crippen molar-refractivity contribution in [2.45, 2.75) is 12.6 Å². The molecule has 0 spiro atoms. The van der Waals surface area contributed by atoms with Crippen LogP contribution in [0.25, 0.3) is 0 Å². The Morgan fingerprint density at radius 2 is 1.82 bits per heavy atom. The summed E-state index contributed by atoms with van der Waals surface area (Å²) >= 11 is 0. The van der Waals surface area contributed by atoms with Gasteiger partial charge >= 0.3 is 12.1 Å². The van der Waals surface area contributed by atoms with Gasteiger partial charge in [-0.25, -0.2) is 0 Å². The smallest absolute Gasteiger partial charge is 0.411 e. The number of nitrogens with zero attached hydrogens (tertiary/aromatic N) is 1. The number of hydrogen-bond acceptors (Lipinski definition) is 3. The van der Waals surface area contributed by atoms with E-state index in [4.69, 9.17) is 5.11 Å². The third kappa shape index (κ3) is 7.63. The van der Waals surface area contributed by atoms with E-state index in [-0.39, 0.29) is 6.54 Å². The highest BCUT2D eigenvalue weighted by molar-refractivity contribution is 5.82. The quantitative estimate of drug-likeness (QED) is 0.792. The lowest BCUT2D eigenvalue weighted by Crippen LogP contribution is -2.40. The van der Waals surface area contributed by atoms with Crippen LogP contribution >= 0.6 is 0 Å². The van der Waals surface area contributed by atoms with Crippen LogP contribution in [-0.4, -0.2) is 54.4 Å². The average molecular weight is 319 g/mol. The molecule has 0 radical (unpaired) electrons. The van der Waals surface area contributed by atoms with Crippen LogP contribution in [0.5, 0.6) is 0 Å². The van der Waals surface area contributed by atoms with Gasteiger partial charge in [0.25, 0.3) is 0 Å². The molecule has 8 heteroatoms. The van der Waals surface area contributed by atoms with Gasteiger partial charge in [-0.3, -0.25) is 9.59 Å². The molecule has 0 atom stereocenters. The van der Waals surface area contributed by atoms with Crippen LogP contribution in [0.15, 0.2) is 30.3 Å². The van der Waals surface area contributed by atoms with E-state index in [2.05, 4.69) is 4.74 Å². The van der Waals surface area contributed by atoms with Crippen molar-refractivity contribution in [3.8, 4) is 0 Å². The minimum absolute atomic E-state index is 0.0878. The van der Waals surface area contributed by atoms with Crippen molar-refractivity contribution in [3.63, 3.8) is 0 Å². The van der Waals surface area contributed by atoms with Crippen LogP contribution in [0.4, 0.5) is 13.2 Å². The van der Waals surface area contributed by atoms with Crippen molar-refractivity contribution in [1.82, 2.24) is 4.90 Å². The molecule has 1 N–H and O–H groups in total. The fraction of sp³-hybridized carbons (Fsp3) is 0.429. The summed E-state index contributed by atoms with van der Waals surface area (Å²) in [5.41, 5.74) is 0.891. The number of carboxylic acids is 1. The Morgan fingerprint density at radius 1 is 1.18 bits per heavy atom. The number of hydrogen-bond donors (Lipinski definition) is 1. The number of carbonyl (C=O) groups excluding carboxylic acids is 1. The normalized spacial score (nSPS) is 11.2. The zero-order chi connectivity index (χ0) is 16.6. The Kier molecular flexibility index (Phi) is 6.84. The van der Waals surface area contributed by atoms with Crippen LogP contribution in [-0.2, 0) is 20.7 Å². The van der Waals surface area contributed by atoms with E-state index < -0.39 is 37.8 Å². The van der Waals surface area contributed by atoms with E-state index in [9.17, 15) is 22.8 Å². The molecule has 0 bridgehead atoms. The number of benzene rings is 1. The topological polar surface area (TPSA) is 66.8 Å². The number of rotatable bonds is 8. The maximum atomic E-state index is 11.9. The zero-order valence-corrected chi connectivity index (χ0v) is 11.7. The molecular formula is C14H16F3NO4. The van der Waals surface area contributed by atoms with E-state index in [1.54, 1.807) is 12.1 Å². The second kappa shape index (κ2) is 8.38. The molecule has 0 aromatic heterocycles. The molecule has 0 saturated carbocycles. The Morgan fingerprint density at radius 3 is 2.36 bits per heavy atom. The molecular weight excluding hydrogens is 303 g/mol. The first-order valence-corrected chi connectivity index (χ1v) is 6.46. The molecule has 22 heavy (non-hydrogen) atoms. The van der Waals surface area contributed by atoms with E-state index in [1.807, 2.05) is 18.2 Å². The van der Waals surface area contributed by atoms with Crippen molar-refractivity contribution in [3.05, 3.63) is 35.9 Å². The van der Waals surface area contributed by atoms with Crippen molar-refractivity contribution >= 4 is 11.9 Å². The highest BCUT2D eigenvalue weighted by atomic mass is 19.4. The monoisotopic (exact) mass is 319 g/mol. The molecule has 1 rings (SSSR count). The second-order valence-corrected chi connectivity index (χ2v) is 4.55. The van der Waals surface area contributed by atoms with Gasteiger partial charge in [-0.15, -0.1) is 0 Å². The van der Waals surface area contributed by atoms with E-state index in [0.29, 0.717) is 6.42 Å². The van der Waals surface area contributed by atoms with Crippen LogP contribution in [0.1, 0.15) is 5.56 Å². The van der Waals surface area contributed by atoms with Gasteiger partial charge in [0.1, 0.15) is 19.8 Å². The third-order valence-electron chi connectivity index (χ3n) is 2.68. The first-order chi connectivity index (χ1) is 10.3. The highest BCUT2D eigenvalue weighted by Gasteiger charge is 2.28. The van der Waals surface area contributed by atoms with Crippen LogP contribution < -0.4 is 0 Å². The third-order valence-corrected chi connectivity index (χ3v) is 2.68. The summed E-state index contributed by atoms with van der Waals surface area (Å²) in [6.45, 7) is -2.84. The molecule has 0 saturated heterocycles. The predicted octanol–water partition coefficient (Wildman–Crippen LogP) is 1.72. The maximum Gasteiger partial charge on any atom is 0.411 e. The lowest BCUT2D eigenvalue weighted by molar-refractivity contribution is -0.178. The zero-order valence-electron chi connectivity index (χ0n) is 11.7. The number of ether oxygens (including phenoxy) is 1. The molecule has 1 aromatic carbocycles. The van der Waals surface area contributed by atoms with Gasteiger partial charge in [0.05, 0.1) is 0 Å². The van der Waals surface area contributed by atoms with Crippen molar-refractivity contribution in [1.29, 1.82) is 0 Å². The Hall–Kier alpha value is -2.09. The lowest BCUT2D eigenvalue weighted by atomic mass is 10.1. The molecule has 0 heterocycles. The van der Waals surface area contributed by atoms with Crippen molar-refractivity contribution < 1.29 is 32.6 Å². The van der Waals surface area contributed by atoms with Gasteiger partial charge in [-0.1, -0.05) is 30.3 Å². The standard InChI is InChI=1S/C14H16F3NO4/c15-14(16,17)10-22-9-12(19)18(8-13(20)21)7-6-11-4-2-1-3-5-11/h1-5H,6-10H2,(H,20,21). The fourth-order valence-electron chi connectivity index (χ4n) is 1.71. The van der Waals surface area contributed by atoms with E-state index in [0.717, 1.165) is 10.5 Å². The molecule has 0 aliphatic rings. The molecule has 5 nitrogen and oxygen atoms in total. The Bertz CT molecular complexity index is 491. The predicted molar refractivity (Wildman–Crippen MR) is 71.2 cm³/mol. The summed E-state index contributed by atoms with van der Waals surface area (Å²) in [5.74, 6) is -2.03. The van der Waals surface area contributed by atoms with Gasteiger partial charge in [0, 0.05) is 6.54 Å². The number of amides is 1. The number of halogens is 3. The minimum Gasteiger partial charge on any atom is -0.480 e. The SMILES string of the molecule is O=C(O)CN(CCc1ccccc1)C(=O)COCC(F)(F)F. The number of alkyl halides is 3. The summed E-state index contributed by atoms with van der Waals surface area (Å²) < 4.78 is 40.1. The Labute approximate surface area is 125 Å². The van der Waals surface area contributed by atoms with Gasteiger partial charge in [-0.2, -0.15) is 13.2 Å². The molecule has 0 aliphatic heterocycles. The maximum absolute atomic E-state index is 11.9. The van der Waals surface area contributed by atoms with Gasteiger partial charge in [0.2, 0.25) is 5.91 Å². The first-order valence-electron chi connectivity index (χ1n) is 6.46. The molecule has 1 amide bonds. The van der Waals surface area contributed by atoms with Crippen molar-refractivity contribution in [2.75, 3.05) is 26.3 Å². The van der Waals surface area contributed by atoms with Gasteiger partial charge < -0.3 is 14.7 Å². The molecule has 0 aliphatic carbocycles. The molecule has 1 aromatic rings. The lowest BCUT2D eigenvalue weighted by Gasteiger charge is -2.21. The Balaban J connectivity index is 2.52. The summed E-state index contributed by atoms with van der Waals surface area (Å²) in [4.78, 5) is 23.5. The summed E-state index contributed by atoms with van der Waals surface area (Å²) in [6.07, 6.45) is -4.12. The van der Waals surface area contributed by atoms with E-state index in [1.165, 1.54) is 0 Å². The molecule has 122 valence electrons. The number of carboxylic acid groups (broad SMARTS) is 1. The highest BCUT2D eigenvalue weighted by Crippen LogP contribution is 2.14. The largest absolute Gasteiger partial charge is 0.480 e. The van der Waals surface area contributed by atoms with Crippen molar-refractivity contribution in [2.24, 2.45) is 0 Å². The summed E-state index contributed by atoms with van der Waals surface area (Å²) in [5, 5.41) is 8.77. The molecule has 0 unspecified atom stereocenters. The average Bonchev–Trinajstić information content (AvgIpc) is 2.42.